The first-order chi connectivity index (χ1) is 13.5. The molecule has 1 amide bonds. The number of amides is 1. The first-order valence-electron chi connectivity index (χ1n) is 9.19. The number of aromatic nitrogens is 2. The first kappa shape index (κ1) is 17.1. The Morgan fingerprint density at radius 2 is 1.93 bits per heavy atom. The maximum absolute atomic E-state index is 13.4. The fourth-order valence-corrected chi connectivity index (χ4v) is 4.94. The highest BCUT2D eigenvalue weighted by atomic mass is 32.1. The van der Waals surface area contributed by atoms with Crippen LogP contribution in [-0.2, 0) is 6.42 Å². The van der Waals surface area contributed by atoms with Crippen molar-refractivity contribution < 1.29 is 9.18 Å². The molecule has 1 aliphatic rings. The molecule has 4 aromatic rings. The van der Waals surface area contributed by atoms with Crippen LogP contribution < -0.4 is 4.90 Å². The lowest BCUT2D eigenvalue weighted by Crippen LogP contribution is -2.35. The Balaban J connectivity index is 1.53. The summed E-state index contributed by atoms with van der Waals surface area (Å²) in [5, 5.41) is 0. The topological polar surface area (TPSA) is 37.6 Å². The average molecular weight is 391 g/mol. The number of halogens is 1. The van der Waals surface area contributed by atoms with Crippen LogP contribution in [0.15, 0.2) is 54.7 Å². The van der Waals surface area contributed by atoms with Crippen LogP contribution in [0.1, 0.15) is 27.9 Å². The Bertz CT molecular complexity index is 1210. The van der Waals surface area contributed by atoms with Crippen LogP contribution in [0.3, 0.4) is 0 Å². The highest BCUT2D eigenvalue weighted by molar-refractivity contribution is 7.19. The van der Waals surface area contributed by atoms with E-state index in [4.69, 9.17) is 0 Å². The normalized spacial score (nSPS) is 16.0. The molecule has 4 nitrogen and oxygen atoms in total. The van der Waals surface area contributed by atoms with E-state index in [1.165, 1.54) is 29.0 Å². The number of thiazole rings is 1. The molecular weight excluding hydrogens is 373 g/mol. The maximum atomic E-state index is 13.4. The maximum Gasteiger partial charge on any atom is 0.270 e. The van der Waals surface area contributed by atoms with Gasteiger partial charge in [0.25, 0.3) is 5.91 Å². The fourth-order valence-electron chi connectivity index (χ4n) is 3.89. The summed E-state index contributed by atoms with van der Waals surface area (Å²) < 4.78 is 15.1. The van der Waals surface area contributed by atoms with Gasteiger partial charge in [0.1, 0.15) is 10.7 Å². The van der Waals surface area contributed by atoms with E-state index in [-0.39, 0.29) is 17.8 Å². The summed E-state index contributed by atoms with van der Waals surface area (Å²) in [6, 6.07) is 14.5. The van der Waals surface area contributed by atoms with Gasteiger partial charge in [0.15, 0.2) is 4.96 Å². The van der Waals surface area contributed by atoms with Crippen LogP contribution in [0.25, 0.3) is 16.2 Å². The van der Waals surface area contributed by atoms with Crippen molar-refractivity contribution in [3.05, 3.63) is 76.7 Å². The summed E-state index contributed by atoms with van der Waals surface area (Å²) in [6.07, 6.45) is 2.78. The van der Waals surface area contributed by atoms with Gasteiger partial charge in [0.05, 0.1) is 5.69 Å². The molecule has 140 valence electrons. The van der Waals surface area contributed by atoms with Gasteiger partial charge in [-0.3, -0.25) is 9.20 Å². The number of rotatable bonds is 2. The molecule has 0 bridgehead atoms. The fraction of sp³-hybridized carbons (Fsp3) is 0.182. The molecular formula is C22H18FN3OS. The minimum Gasteiger partial charge on any atom is -0.304 e. The van der Waals surface area contributed by atoms with Gasteiger partial charge in [-0.25, -0.2) is 9.37 Å². The van der Waals surface area contributed by atoms with Crippen LogP contribution >= 0.6 is 11.3 Å². The molecule has 0 N–H and O–H groups in total. The molecule has 1 aliphatic heterocycles. The molecule has 6 heteroatoms. The van der Waals surface area contributed by atoms with E-state index in [1.807, 2.05) is 40.6 Å². The molecule has 0 saturated heterocycles. The van der Waals surface area contributed by atoms with Crippen molar-refractivity contribution in [3.8, 4) is 11.3 Å². The van der Waals surface area contributed by atoms with Gasteiger partial charge in [-0.1, -0.05) is 29.5 Å². The standard InChI is InChI=1S/C22H18FN3OS/c1-13-11-16-5-3-4-6-19(16)26(13)21(27)20-14(2)25-12-18(24-22(25)28-20)15-7-9-17(23)10-8-15/h3-10,12-13H,11H2,1-2H3/t13-/m0/s1. The second kappa shape index (κ2) is 6.27. The van der Waals surface area contributed by atoms with Crippen LogP contribution in [0.5, 0.6) is 0 Å². The van der Waals surface area contributed by atoms with Gasteiger partial charge >= 0.3 is 0 Å². The molecule has 0 radical (unpaired) electrons. The molecule has 2 aromatic carbocycles. The Morgan fingerprint density at radius 3 is 2.68 bits per heavy atom. The van der Waals surface area contributed by atoms with Crippen molar-refractivity contribution in [2.45, 2.75) is 26.3 Å². The van der Waals surface area contributed by atoms with E-state index < -0.39 is 0 Å². The van der Waals surface area contributed by atoms with Crippen molar-refractivity contribution in [1.29, 1.82) is 0 Å². The third-order valence-corrected chi connectivity index (χ3v) is 6.46. The Hall–Kier alpha value is -2.99. The van der Waals surface area contributed by atoms with Crippen molar-refractivity contribution in [1.82, 2.24) is 9.38 Å². The number of aryl methyl sites for hydroxylation is 1. The smallest absolute Gasteiger partial charge is 0.270 e. The number of carbonyl (C=O) groups is 1. The van der Waals surface area contributed by atoms with Gasteiger partial charge in [0, 0.05) is 29.2 Å². The number of carbonyl (C=O) groups excluding carboxylic acids is 1. The van der Waals surface area contributed by atoms with Gasteiger partial charge < -0.3 is 4.90 Å². The zero-order valence-corrected chi connectivity index (χ0v) is 16.3. The van der Waals surface area contributed by atoms with E-state index in [0.29, 0.717) is 4.88 Å². The number of hydrogen-bond donors (Lipinski definition) is 0. The summed E-state index contributed by atoms with van der Waals surface area (Å²) in [7, 11) is 0. The molecule has 0 spiro atoms. The SMILES string of the molecule is Cc1c(C(=O)N2c3ccccc3C[C@@H]2C)sc2nc(-c3ccc(F)cc3)cn12. The highest BCUT2D eigenvalue weighted by Crippen LogP contribution is 2.35. The van der Waals surface area contributed by atoms with Crippen LogP contribution in [0, 0.1) is 12.7 Å². The van der Waals surface area contributed by atoms with E-state index in [1.54, 1.807) is 12.1 Å². The number of hydrogen-bond acceptors (Lipinski definition) is 3. The lowest BCUT2D eigenvalue weighted by atomic mass is 10.1. The van der Waals surface area contributed by atoms with E-state index in [2.05, 4.69) is 18.0 Å². The number of para-hydroxylation sites is 1. The summed E-state index contributed by atoms with van der Waals surface area (Å²) >= 11 is 1.40. The lowest BCUT2D eigenvalue weighted by Gasteiger charge is -2.22. The van der Waals surface area contributed by atoms with Crippen molar-refractivity contribution >= 4 is 27.9 Å². The van der Waals surface area contributed by atoms with Gasteiger partial charge in [-0.05, 0) is 56.2 Å². The third kappa shape index (κ3) is 2.56. The van der Waals surface area contributed by atoms with Crippen molar-refractivity contribution in [2.24, 2.45) is 0 Å². The zero-order chi connectivity index (χ0) is 19.4. The monoisotopic (exact) mass is 391 g/mol. The second-order valence-corrected chi connectivity index (χ2v) is 8.14. The molecule has 1 atom stereocenters. The summed E-state index contributed by atoms with van der Waals surface area (Å²) in [5.41, 5.74) is 4.71. The minimum atomic E-state index is -0.270. The number of nitrogens with zero attached hydrogens (tertiary/aromatic N) is 3. The lowest BCUT2D eigenvalue weighted by molar-refractivity contribution is 0.0984. The van der Waals surface area contributed by atoms with Gasteiger partial charge in [-0.2, -0.15) is 0 Å². The molecule has 0 unspecified atom stereocenters. The van der Waals surface area contributed by atoms with Crippen LogP contribution in [0.4, 0.5) is 10.1 Å². The van der Waals surface area contributed by atoms with E-state index >= 15 is 0 Å². The number of anilines is 1. The Labute approximate surface area is 165 Å². The quantitative estimate of drug-likeness (QED) is 0.477. The minimum absolute atomic E-state index is 0.0220. The molecule has 5 rings (SSSR count). The molecule has 0 saturated carbocycles. The average Bonchev–Trinajstić information content (AvgIpc) is 3.33. The molecule has 2 aromatic heterocycles. The predicted molar refractivity (Wildman–Crippen MR) is 110 cm³/mol. The molecule has 0 aliphatic carbocycles. The summed E-state index contributed by atoms with van der Waals surface area (Å²) in [6.45, 7) is 4.03. The first-order valence-corrected chi connectivity index (χ1v) is 10.0. The van der Waals surface area contributed by atoms with Crippen molar-refractivity contribution in [3.63, 3.8) is 0 Å². The molecule has 0 fully saturated rings. The largest absolute Gasteiger partial charge is 0.304 e. The summed E-state index contributed by atoms with van der Waals surface area (Å²) in [5.74, 6) is -0.248. The third-order valence-electron chi connectivity index (χ3n) is 5.32. The Kier molecular flexibility index (Phi) is 3.84. The Morgan fingerprint density at radius 1 is 1.18 bits per heavy atom. The van der Waals surface area contributed by atoms with E-state index in [0.717, 1.165) is 34.0 Å². The van der Waals surface area contributed by atoms with Crippen LogP contribution in [0.2, 0.25) is 0 Å². The highest BCUT2D eigenvalue weighted by Gasteiger charge is 2.33. The van der Waals surface area contributed by atoms with Gasteiger partial charge in [0.2, 0.25) is 0 Å². The number of benzene rings is 2. The molecule has 3 heterocycles. The summed E-state index contributed by atoms with van der Waals surface area (Å²) in [4.78, 5) is 21.4. The predicted octanol–water partition coefficient (Wildman–Crippen LogP) is 5.10. The van der Waals surface area contributed by atoms with Gasteiger partial charge in [-0.15, -0.1) is 0 Å². The second-order valence-electron chi connectivity index (χ2n) is 7.16. The number of imidazole rings is 1. The van der Waals surface area contributed by atoms with Crippen LogP contribution in [-0.4, -0.2) is 21.3 Å². The number of fused-ring (bicyclic) bond motifs is 2. The van der Waals surface area contributed by atoms with E-state index in [9.17, 15) is 9.18 Å². The van der Waals surface area contributed by atoms with Crippen molar-refractivity contribution in [2.75, 3.05) is 4.90 Å². The molecule has 28 heavy (non-hydrogen) atoms. The zero-order valence-electron chi connectivity index (χ0n) is 15.5.